The Labute approximate surface area is 63.4 Å². The van der Waals surface area contributed by atoms with Crippen LogP contribution in [0.25, 0.3) is 0 Å². The van der Waals surface area contributed by atoms with E-state index in [1.165, 1.54) is 12.8 Å². The molecule has 1 rings (SSSR count). The SMILES string of the molecule is CC1CCCC(C)(O)C1C. The summed E-state index contributed by atoms with van der Waals surface area (Å²) in [5, 5.41) is 9.81. The predicted molar refractivity (Wildman–Crippen MR) is 42.8 cm³/mol. The first-order chi connectivity index (χ1) is 4.54. The Morgan fingerprint density at radius 3 is 2.40 bits per heavy atom. The summed E-state index contributed by atoms with van der Waals surface area (Å²) in [6.45, 7) is 6.36. The lowest BCUT2D eigenvalue weighted by Gasteiger charge is -2.39. The molecule has 1 aliphatic rings. The molecule has 0 aromatic carbocycles. The van der Waals surface area contributed by atoms with E-state index in [0.29, 0.717) is 11.8 Å². The fourth-order valence-electron chi connectivity index (χ4n) is 1.87. The minimum atomic E-state index is -0.391. The minimum absolute atomic E-state index is 0.391. The molecular formula is C9H18O. The van der Waals surface area contributed by atoms with Gasteiger partial charge in [-0.25, -0.2) is 0 Å². The minimum Gasteiger partial charge on any atom is -0.390 e. The molecule has 1 saturated carbocycles. The van der Waals surface area contributed by atoms with Gasteiger partial charge in [0, 0.05) is 0 Å². The van der Waals surface area contributed by atoms with Gasteiger partial charge in [-0.15, -0.1) is 0 Å². The third-order valence-corrected chi connectivity index (χ3v) is 3.18. The number of hydrogen-bond donors (Lipinski definition) is 1. The van der Waals surface area contributed by atoms with Crippen LogP contribution in [0, 0.1) is 11.8 Å². The normalized spacial score (nSPS) is 49.2. The van der Waals surface area contributed by atoms with Crippen LogP contribution in [0.3, 0.4) is 0 Å². The molecule has 1 aliphatic carbocycles. The summed E-state index contributed by atoms with van der Waals surface area (Å²) in [5.41, 5.74) is -0.391. The quantitative estimate of drug-likeness (QED) is 0.549. The lowest BCUT2D eigenvalue weighted by atomic mass is 9.72. The van der Waals surface area contributed by atoms with Gasteiger partial charge < -0.3 is 5.11 Å². The zero-order valence-electron chi connectivity index (χ0n) is 7.22. The first-order valence-corrected chi connectivity index (χ1v) is 4.26. The summed E-state index contributed by atoms with van der Waals surface area (Å²) >= 11 is 0. The summed E-state index contributed by atoms with van der Waals surface area (Å²) in [6.07, 6.45) is 3.47. The van der Waals surface area contributed by atoms with E-state index in [9.17, 15) is 5.11 Å². The molecule has 0 aromatic rings. The highest BCUT2D eigenvalue weighted by Gasteiger charge is 2.35. The molecule has 0 radical (unpaired) electrons. The zero-order chi connectivity index (χ0) is 7.78. The largest absolute Gasteiger partial charge is 0.390 e. The summed E-state index contributed by atoms with van der Waals surface area (Å²) in [4.78, 5) is 0. The first kappa shape index (κ1) is 8.06. The van der Waals surface area contributed by atoms with Crippen LogP contribution in [0.5, 0.6) is 0 Å². The molecular weight excluding hydrogens is 124 g/mol. The molecule has 0 aromatic heterocycles. The molecule has 1 N–H and O–H groups in total. The molecule has 3 atom stereocenters. The van der Waals surface area contributed by atoms with Crippen molar-refractivity contribution in [2.75, 3.05) is 0 Å². The van der Waals surface area contributed by atoms with Gasteiger partial charge in [0.05, 0.1) is 5.60 Å². The van der Waals surface area contributed by atoms with Crippen molar-refractivity contribution < 1.29 is 5.11 Å². The second-order valence-electron chi connectivity index (χ2n) is 4.02. The van der Waals surface area contributed by atoms with Gasteiger partial charge in [0.25, 0.3) is 0 Å². The summed E-state index contributed by atoms with van der Waals surface area (Å²) in [5.74, 6) is 1.17. The van der Waals surface area contributed by atoms with Gasteiger partial charge in [-0.2, -0.15) is 0 Å². The van der Waals surface area contributed by atoms with E-state index in [4.69, 9.17) is 0 Å². The van der Waals surface area contributed by atoms with Crippen molar-refractivity contribution in [2.24, 2.45) is 11.8 Å². The molecule has 1 heteroatoms. The maximum absolute atomic E-state index is 9.81. The molecule has 0 amide bonds. The number of aliphatic hydroxyl groups is 1. The lowest BCUT2D eigenvalue weighted by Crippen LogP contribution is -2.39. The maximum atomic E-state index is 9.81. The van der Waals surface area contributed by atoms with E-state index in [0.717, 1.165) is 6.42 Å². The standard InChI is InChI=1S/C9H18O/c1-7-5-4-6-9(3,10)8(7)2/h7-8,10H,4-6H2,1-3H3. The van der Waals surface area contributed by atoms with Gasteiger partial charge in [0.15, 0.2) is 0 Å². The maximum Gasteiger partial charge on any atom is 0.0647 e. The highest BCUT2D eigenvalue weighted by Crippen LogP contribution is 2.36. The van der Waals surface area contributed by atoms with Gasteiger partial charge in [-0.05, 0) is 25.2 Å². The molecule has 1 fully saturated rings. The monoisotopic (exact) mass is 142 g/mol. The van der Waals surface area contributed by atoms with Gasteiger partial charge in [-0.1, -0.05) is 26.7 Å². The second kappa shape index (κ2) is 2.54. The summed E-state index contributed by atoms with van der Waals surface area (Å²) in [6, 6.07) is 0. The molecule has 60 valence electrons. The van der Waals surface area contributed by atoms with Gasteiger partial charge in [0.2, 0.25) is 0 Å². The molecule has 3 unspecified atom stereocenters. The Kier molecular flexibility index (Phi) is 2.04. The number of hydrogen-bond acceptors (Lipinski definition) is 1. The van der Waals surface area contributed by atoms with Crippen LogP contribution >= 0.6 is 0 Å². The predicted octanol–water partition coefficient (Wildman–Crippen LogP) is 2.19. The Bertz CT molecular complexity index is 118. The Morgan fingerprint density at radius 2 is 2.00 bits per heavy atom. The fourth-order valence-corrected chi connectivity index (χ4v) is 1.87. The van der Waals surface area contributed by atoms with Gasteiger partial charge in [-0.3, -0.25) is 0 Å². The van der Waals surface area contributed by atoms with Crippen molar-refractivity contribution in [3.8, 4) is 0 Å². The Balaban J connectivity index is 2.60. The van der Waals surface area contributed by atoms with Gasteiger partial charge >= 0.3 is 0 Å². The number of rotatable bonds is 0. The lowest BCUT2D eigenvalue weighted by molar-refractivity contribution is -0.0468. The van der Waals surface area contributed by atoms with Crippen LogP contribution in [-0.2, 0) is 0 Å². The van der Waals surface area contributed by atoms with Crippen LogP contribution in [0.15, 0.2) is 0 Å². The molecule has 0 heterocycles. The van der Waals surface area contributed by atoms with E-state index in [-0.39, 0.29) is 0 Å². The highest BCUT2D eigenvalue weighted by molar-refractivity contribution is 4.86. The van der Waals surface area contributed by atoms with Crippen molar-refractivity contribution in [1.29, 1.82) is 0 Å². The summed E-state index contributed by atoms with van der Waals surface area (Å²) < 4.78 is 0. The first-order valence-electron chi connectivity index (χ1n) is 4.26. The van der Waals surface area contributed by atoms with Crippen LogP contribution < -0.4 is 0 Å². The third kappa shape index (κ3) is 1.34. The van der Waals surface area contributed by atoms with E-state index < -0.39 is 5.60 Å². The van der Waals surface area contributed by atoms with Crippen LogP contribution in [0.1, 0.15) is 40.0 Å². The molecule has 1 nitrogen and oxygen atoms in total. The zero-order valence-corrected chi connectivity index (χ0v) is 7.22. The van der Waals surface area contributed by atoms with E-state index in [1.54, 1.807) is 0 Å². The second-order valence-corrected chi connectivity index (χ2v) is 4.02. The fraction of sp³-hybridized carbons (Fsp3) is 1.00. The topological polar surface area (TPSA) is 20.2 Å². The van der Waals surface area contributed by atoms with Crippen molar-refractivity contribution >= 4 is 0 Å². The third-order valence-electron chi connectivity index (χ3n) is 3.18. The Hall–Kier alpha value is -0.0400. The Morgan fingerprint density at radius 1 is 1.40 bits per heavy atom. The molecule has 10 heavy (non-hydrogen) atoms. The van der Waals surface area contributed by atoms with E-state index in [1.807, 2.05) is 6.92 Å². The highest BCUT2D eigenvalue weighted by atomic mass is 16.3. The summed E-state index contributed by atoms with van der Waals surface area (Å²) in [7, 11) is 0. The van der Waals surface area contributed by atoms with Crippen LogP contribution in [0.4, 0.5) is 0 Å². The molecule has 0 bridgehead atoms. The molecule has 0 spiro atoms. The van der Waals surface area contributed by atoms with Gasteiger partial charge in [0.1, 0.15) is 0 Å². The van der Waals surface area contributed by atoms with Crippen LogP contribution in [-0.4, -0.2) is 10.7 Å². The van der Waals surface area contributed by atoms with Crippen molar-refractivity contribution in [1.82, 2.24) is 0 Å². The molecule has 0 aliphatic heterocycles. The molecule has 0 saturated heterocycles. The van der Waals surface area contributed by atoms with Crippen molar-refractivity contribution in [2.45, 2.75) is 45.6 Å². The average Bonchev–Trinajstić information content (AvgIpc) is 1.83. The smallest absolute Gasteiger partial charge is 0.0647 e. The van der Waals surface area contributed by atoms with Crippen LogP contribution in [0.2, 0.25) is 0 Å². The van der Waals surface area contributed by atoms with Crippen molar-refractivity contribution in [3.63, 3.8) is 0 Å². The van der Waals surface area contributed by atoms with E-state index >= 15 is 0 Å². The van der Waals surface area contributed by atoms with Crippen molar-refractivity contribution in [3.05, 3.63) is 0 Å². The average molecular weight is 142 g/mol. The van der Waals surface area contributed by atoms with E-state index in [2.05, 4.69) is 13.8 Å².